The number of aromatic amines is 2. The molecule has 8 heteroatoms. The standard InChI is InChI=1S/C34H40N4O4/c1-7-21-17(3)25-13-26-19(5)23(9-11-33(39)40)31(37-26)16-32-24(10-12-34(41)42)20(6)28(38-32)15-30-22(8-2)18(4)27(36-30)14-29(21)35-25/h13-16,20,24,35,38H,7-12H2,1-6H3,(H,39,40)(H,41,42). The lowest BCUT2D eigenvalue weighted by Gasteiger charge is -2.15. The van der Waals surface area contributed by atoms with Gasteiger partial charge in [-0.15, -0.1) is 0 Å². The molecular weight excluding hydrogens is 528 g/mol. The molecule has 0 radical (unpaired) electrons. The van der Waals surface area contributed by atoms with E-state index in [1.165, 1.54) is 11.1 Å². The predicted octanol–water partition coefficient (Wildman–Crippen LogP) is 7.80. The Morgan fingerprint density at radius 3 is 1.98 bits per heavy atom. The number of rotatable bonds is 8. The van der Waals surface area contributed by atoms with Crippen LogP contribution in [0.4, 0.5) is 0 Å². The number of carboxylic acids is 2. The highest BCUT2D eigenvalue weighted by Crippen LogP contribution is 2.42. The number of nitrogens with one attached hydrogen (secondary N) is 2. The van der Waals surface area contributed by atoms with Crippen LogP contribution < -0.4 is 0 Å². The van der Waals surface area contributed by atoms with E-state index >= 15 is 0 Å². The topological polar surface area (TPSA) is 132 Å². The van der Waals surface area contributed by atoms with Crippen LogP contribution in [0.15, 0.2) is 24.3 Å². The van der Waals surface area contributed by atoms with Gasteiger partial charge in [-0.05, 0) is 104 Å². The van der Waals surface area contributed by atoms with Crippen molar-refractivity contribution in [2.75, 3.05) is 0 Å². The minimum Gasteiger partial charge on any atom is -0.481 e. The third kappa shape index (κ3) is 5.38. The lowest BCUT2D eigenvalue weighted by Crippen LogP contribution is -2.06. The fraction of sp³-hybridized carbons (Fsp3) is 0.412. The van der Waals surface area contributed by atoms with E-state index in [2.05, 4.69) is 62.8 Å². The van der Waals surface area contributed by atoms with Crippen molar-refractivity contribution in [1.29, 1.82) is 0 Å². The molecule has 0 spiro atoms. The van der Waals surface area contributed by atoms with Crippen molar-refractivity contribution in [3.63, 3.8) is 0 Å². The number of hydrogen-bond donors (Lipinski definition) is 4. The molecule has 0 aliphatic carbocycles. The zero-order valence-corrected chi connectivity index (χ0v) is 25.3. The molecule has 2 unspecified atom stereocenters. The van der Waals surface area contributed by atoms with Crippen LogP contribution in [-0.4, -0.2) is 42.1 Å². The summed E-state index contributed by atoms with van der Waals surface area (Å²) in [6.07, 6.45) is 2.62. The number of carboxylic acid groups (broad SMARTS) is 2. The summed E-state index contributed by atoms with van der Waals surface area (Å²) in [5.41, 5.74) is 13.9. The van der Waals surface area contributed by atoms with Gasteiger partial charge in [0, 0.05) is 47.1 Å². The molecule has 0 saturated heterocycles. The maximum atomic E-state index is 11.6. The Balaban J connectivity index is 1.87. The summed E-state index contributed by atoms with van der Waals surface area (Å²) in [4.78, 5) is 40.5. The van der Waals surface area contributed by atoms with Gasteiger partial charge in [-0.3, -0.25) is 9.59 Å². The first-order valence-corrected chi connectivity index (χ1v) is 14.9. The Morgan fingerprint density at radius 1 is 0.762 bits per heavy atom. The summed E-state index contributed by atoms with van der Waals surface area (Å²) in [6, 6.07) is 8.33. The van der Waals surface area contributed by atoms with Crippen molar-refractivity contribution in [2.45, 2.75) is 91.9 Å². The summed E-state index contributed by atoms with van der Waals surface area (Å²) in [7, 11) is 0. The molecular formula is C34H40N4O4. The van der Waals surface area contributed by atoms with Gasteiger partial charge in [0.05, 0.1) is 22.8 Å². The van der Waals surface area contributed by atoms with E-state index in [1.807, 2.05) is 13.0 Å². The van der Waals surface area contributed by atoms with Crippen molar-refractivity contribution < 1.29 is 19.8 Å². The molecule has 0 aromatic carbocycles. The maximum Gasteiger partial charge on any atom is 0.303 e. The van der Waals surface area contributed by atoms with E-state index in [0.717, 1.165) is 80.3 Å². The summed E-state index contributed by atoms with van der Waals surface area (Å²) in [6.45, 7) is 12.7. The van der Waals surface area contributed by atoms with Crippen molar-refractivity contribution in [3.8, 4) is 0 Å². The summed E-state index contributed by atoms with van der Waals surface area (Å²) in [5, 5.41) is 19.0. The first-order valence-electron chi connectivity index (χ1n) is 14.9. The fourth-order valence-electron chi connectivity index (χ4n) is 6.59. The Kier molecular flexibility index (Phi) is 8.08. The number of aryl methyl sites for hydroxylation is 2. The van der Waals surface area contributed by atoms with Crippen LogP contribution in [0.1, 0.15) is 124 Å². The molecule has 220 valence electrons. The van der Waals surface area contributed by atoms with Crippen molar-refractivity contribution in [3.05, 3.63) is 69.6 Å². The molecule has 2 aromatic heterocycles. The molecule has 0 saturated carbocycles. The van der Waals surface area contributed by atoms with Crippen LogP contribution >= 0.6 is 0 Å². The predicted molar refractivity (Wildman–Crippen MR) is 167 cm³/mol. The highest BCUT2D eigenvalue weighted by atomic mass is 16.4. The van der Waals surface area contributed by atoms with Gasteiger partial charge in [0.25, 0.3) is 0 Å². The van der Waals surface area contributed by atoms with Gasteiger partial charge in [0.1, 0.15) is 0 Å². The van der Waals surface area contributed by atoms with Crippen LogP contribution in [-0.2, 0) is 16.0 Å². The number of allylic oxidation sites excluding steroid dienone is 4. The van der Waals surface area contributed by atoms with Gasteiger partial charge in [0.15, 0.2) is 0 Å². The molecule has 2 atom stereocenters. The van der Waals surface area contributed by atoms with Gasteiger partial charge >= 0.3 is 11.9 Å². The molecule has 3 aliphatic heterocycles. The monoisotopic (exact) mass is 568 g/mol. The second kappa shape index (κ2) is 11.6. The molecule has 8 bridgehead atoms. The van der Waals surface area contributed by atoms with Crippen LogP contribution in [0.25, 0.3) is 33.3 Å². The van der Waals surface area contributed by atoms with E-state index in [-0.39, 0.29) is 24.7 Å². The van der Waals surface area contributed by atoms with Gasteiger partial charge in [-0.2, -0.15) is 0 Å². The average Bonchev–Trinajstić information content (AvgIpc) is 3.59. The highest BCUT2D eigenvalue weighted by Gasteiger charge is 2.30. The van der Waals surface area contributed by atoms with Crippen LogP contribution in [0.5, 0.6) is 0 Å². The van der Waals surface area contributed by atoms with Crippen molar-refractivity contribution in [1.82, 2.24) is 19.9 Å². The summed E-state index contributed by atoms with van der Waals surface area (Å²) < 4.78 is 0. The molecule has 5 heterocycles. The lowest BCUT2D eigenvalue weighted by molar-refractivity contribution is -0.138. The largest absolute Gasteiger partial charge is 0.481 e. The third-order valence-corrected chi connectivity index (χ3v) is 9.12. The zero-order chi connectivity index (χ0) is 30.3. The highest BCUT2D eigenvalue weighted by molar-refractivity contribution is 5.94. The summed E-state index contributed by atoms with van der Waals surface area (Å²) >= 11 is 0. The van der Waals surface area contributed by atoms with Gasteiger partial charge in [0.2, 0.25) is 0 Å². The van der Waals surface area contributed by atoms with Crippen LogP contribution in [0.2, 0.25) is 0 Å². The second-order valence-corrected chi connectivity index (χ2v) is 11.6. The average molecular weight is 569 g/mol. The van der Waals surface area contributed by atoms with Crippen molar-refractivity contribution >= 4 is 45.3 Å². The Morgan fingerprint density at radius 2 is 1.36 bits per heavy atom. The minimum atomic E-state index is -0.855. The molecule has 2 aromatic rings. The lowest BCUT2D eigenvalue weighted by atomic mass is 9.87. The minimum absolute atomic E-state index is 0.00408. The molecule has 3 aliphatic rings. The Labute approximate surface area is 246 Å². The number of aromatic nitrogens is 4. The summed E-state index contributed by atoms with van der Waals surface area (Å²) in [5.74, 6) is -1.68. The molecule has 4 N–H and O–H groups in total. The number of fused-ring (bicyclic) bond motifs is 8. The Hall–Kier alpha value is -4.20. The van der Waals surface area contributed by atoms with Gasteiger partial charge in [-0.1, -0.05) is 20.8 Å². The van der Waals surface area contributed by atoms with Gasteiger partial charge in [-0.25, -0.2) is 9.97 Å². The molecule has 0 fully saturated rings. The number of carbonyl (C=O) groups is 2. The zero-order valence-electron chi connectivity index (χ0n) is 25.3. The van der Waals surface area contributed by atoms with Gasteiger partial charge < -0.3 is 20.2 Å². The normalized spacial score (nSPS) is 17.6. The molecule has 8 nitrogen and oxygen atoms in total. The van der Waals surface area contributed by atoms with Crippen molar-refractivity contribution in [2.24, 2.45) is 0 Å². The molecule has 5 rings (SSSR count). The third-order valence-electron chi connectivity index (χ3n) is 9.12. The fourth-order valence-corrected chi connectivity index (χ4v) is 6.59. The van der Waals surface area contributed by atoms with E-state index in [4.69, 9.17) is 9.97 Å². The number of H-pyrrole nitrogens is 2. The SMILES string of the molecule is CCC1=C(C)c2cc3[nH]c(cc4nc(cc5[nH]c(cc1n2)C(C)C5CCC(=O)O)C(CCC(=O)O)=C4C)c(C)c3CC. The van der Waals surface area contributed by atoms with Crippen LogP contribution in [0, 0.1) is 6.92 Å². The first-order chi connectivity index (χ1) is 20.0. The smallest absolute Gasteiger partial charge is 0.303 e. The second-order valence-electron chi connectivity index (χ2n) is 11.6. The van der Waals surface area contributed by atoms with E-state index in [1.54, 1.807) is 0 Å². The number of hydrogen-bond acceptors (Lipinski definition) is 4. The maximum absolute atomic E-state index is 11.6. The van der Waals surface area contributed by atoms with Crippen LogP contribution in [0.3, 0.4) is 0 Å². The van der Waals surface area contributed by atoms with E-state index in [0.29, 0.717) is 12.8 Å². The number of aliphatic carboxylic acids is 2. The molecule has 42 heavy (non-hydrogen) atoms. The Bertz CT molecular complexity index is 1720. The van der Waals surface area contributed by atoms with E-state index < -0.39 is 11.9 Å². The first kappa shape index (κ1) is 29.3. The number of nitrogens with zero attached hydrogens (tertiary/aromatic N) is 2. The molecule has 0 amide bonds. The van der Waals surface area contributed by atoms with E-state index in [9.17, 15) is 19.8 Å². The quantitative estimate of drug-likeness (QED) is 0.257.